The first-order chi connectivity index (χ1) is 18.6. The van der Waals surface area contributed by atoms with Crippen molar-refractivity contribution in [3.63, 3.8) is 0 Å². The Kier molecular flexibility index (Phi) is 9.08. The number of nitrogens with one attached hydrogen (secondary N) is 1. The van der Waals surface area contributed by atoms with E-state index in [1.165, 1.54) is 63.9 Å². The van der Waals surface area contributed by atoms with E-state index >= 15 is 0 Å². The Hall–Kier alpha value is -1.23. The smallest absolute Gasteiger partial charge is 0.329 e. The predicted molar refractivity (Wildman–Crippen MR) is 168 cm³/mol. The maximum Gasteiger partial charge on any atom is 0.329 e. The number of rotatable bonds is 8. The summed E-state index contributed by atoms with van der Waals surface area (Å²) in [6, 6.07) is -0.693. The summed E-state index contributed by atoms with van der Waals surface area (Å²) in [5.41, 5.74) is 5.74. The number of fused-ring (bicyclic) bond motifs is 4. The SMILES string of the molecule is CC(=O)N[C@@H](CS)C(=O)O[C@H]1CC[C@]2(C)C3=C(CCC2C1(C)C)[C@]1(C)CCC([C@H](C)CCC=C(C)C)[C@@]1(C)CC3. The van der Waals surface area contributed by atoms with Crippen molar-refractivity contribution in [1.29, 1.82) is 0 Å². The fraction of sp³-hybridized carbons (Fsp3) is 0.829. The lowest BCUT2D eigenvalue weighted by Gasteiger charge is -2.62. The lowest BCUT2D eigenvalue weighted by Crippen LogP contribution is -2.56. The average Bonchev–Trinajstić information content (AvgIpc) is 3.15. The van der Waals surface area contributed by atoms with Gasteiger partial charge in [0, 0.05) is 18.1 Å². The van der Waals surface area contributed by atoms with E-state index in [1.54, 1.807) is 5.57 Å². The van der Waals surface area contributed by atoms with Crippen molar-refractivity contribution in [1.82, 2.24) is 5.32 Å². The number of amides is 1. The molecule has 0 aromatic heterocycles. The molecule has 0 aromatic rings. The van der Waals surface area contributed by atoms with Gasteiger partial charge in [0.25, 0.3) is 0 Å². The molecule has 0 saturated heterocycles. The normalized spacial score (nSPS) is 37.9. The van der Waals surface area contributed by atoms with Crippen molar-refractivity contribution >= 4 is 24.5 Å². The molecule has 226 valence electrons. The molecule has 4 nitrogen and oxygen atoms in total. The number of hydrogen-bond acceptors (Lipinski definition) is 4. The maximum atomic E-state index is 13.0. The van der Waals surface area contributed by atoms with Crippen LogP contribution in [0.15, 0.2) is 22.8 Å². The van der Waals surface area contributed by atoms with Gasteiger partial charge in [0.1, 0.15) is 12.1 Å². The van der Waals surface area contributed by atoms with Crippen LogP contribution in [0.2, 0.25) is 0 Å². The number of thiol groups is 1. The van der Waals surface area contributed by atoms with Crippen molar-refractivity contribution in [3.8, 4) is 0 Å². The predicted octanol–water partition coefficient (Wildman–Crippen LogP) is 8.46. The van der Waals surface area contributed by atoms with Crippen LogP contribution in [0.25, 0.3) is 0 Å². The highest BCUT2D eigenvalue weighted by Crippen LogP contribution is 2.72. The standard InChI is InChI=1S/C35H57NO3S/c1-22(2)11-10-12-23(3)25-15-19-35(9)27-13-14-29-32(5,6)30(39-31(38)28(21-40)36-24(4)37)17-18-33(29,7)26(27)16-20-34(25,35)8/h11,23,25,28-30,40H,10,12-21H2,1-9H3,(H,36,37)/t23-,25?,28+,29?,30+,33-,34-,35+/m1/s1. The van der Waals surface area contributed by atoms with E-state index in [0.717, 1.165) is 24.7 Å². The largest absolute Gasteiger partial charge is 0.460 e. The van der Waals surface area contributed by atoms with Crippen LogP contribution < -0.4 is 5.32 Å². The van der Waals surface area contributed by atoms with Gasteiger partial charge in [-0.1, -0.05) is 64.3 Å². The Balaban J connectivity index is 1.56. The van der Waals surface area contributed by atoms with Gasteiger partial charge < -0.3 is 10.1 Å². The Morgan fingerprint density at radius 2 is 1.70 bits per heavy atom. The third-order valence-corrected chi connectivity index (χ3v) is 13.1. The molecule has 1 N–H and O–H groups in total. The zero-order valence-corrected chi connectivity index (χ0v) is 27.8. The van der Waals surface area contributed by atoms with E-state index in [4.69, 9.17) is 4.74 Å². The molecule has 4 rings (SSSR count). The summed E-state index contributed by atoms with van der Waals surface area (Å²) in [5.74, 6) is 1.71. The maximum absolute atomic E-state index is 13.0. The van der Waals surface area contributed by atoms with Gasteiger partial charge in [0.05, 0.1) is 0 Å². The van der Waals surface area contributed by atoms with Gasteiger partial charge in [0.2, 0.25) is 5.91 Å². The summed E-state index contributed by atoms with van der Waals surface area (Å²) < 4.78 is 6.16. The monoisotopic (exact) mass is 571 g/mol. The highest BCUT2D eigenvalue weighted by Gasteiger charge is 2.63. The minimum absolute atomic E-state index is 0.127. The Bertz CT molecular complexity index is 1060. The molecule has 5 heteroatoms. The minimum atomic E-state index is -0.693. The van der Waals surface area contributed by atoms with Gasteiger partial charge in [-0.2, -0.15) is 12.6 Å². The highest BCUT2D eigenvalue weighted by molar-refractivity contribution is 7.80. The fourth-order valence-electron chi connectivity index (χ4n) is 10.3. The Morgan fingerprint density at radius 3 is 2.33 bits per heavy atom. The summed E-state index contributed by atoms with van der Waals surface area (Å²) in [7, 11) is 0. The Morgan fingerprint density at radius 1 is 1.00 bits per heavy atom. The van der Waals surface area contributed by atoms with Crippen LogP contribution in [-0.2, 0) is 14.3 Å². The van der Waals surface area contributed by atoms with Gasteiger partial charge in [0.15, 0.2) is 0 Å². The zero-order chi connectivity index (χ0) is 29.7. The van der Waals surface area contributed by atoms with Crippen LogP contribution >= 0.6 is 12.6 Å². The molecule has 4 aliphatic carbocycles. The van der Waals surface area contributed by atoms with Crippen LogP contribution in [0.3, 0.4) is 0 Å². The zero-order valence-electron chi connectivity index (χ0n) is 26.9. The third kappa shape index (κ3) is 5.24. The number of carbonyl (C=O) groups is 2. The molecule has 40 heavy (non-hydrogen) atoms. The second-order valence-corrected chi connectivity index (χ2v) is 15.8. The Labute approximate surface area is 250 Å². The first-order valence-corrected chi connectivity index (χ1v) is 16.7. The highest BCUT2D eigenvalue weighted by atomic mass is 32.1. The third-order valence-electron chi connectivity index (χ3n) is 12.7. The molecular weight excluding hydrogens is 514 g/mol. The number of esters is 1. The first-order valence-electron chi connectivity index (χ1n) is 16.1. The molecule has 2 unspecified atom stereocenters. The molecule has 8 atom stereocenters. The molecule has 2 fully saturated rings. The van der Waals surface area contributed by atoms with Crippen molar-refractivity contribution in [3.05, 3.63) is 22.8 Å². The van der Waals surface area contributed by atoms with Gasteiger partial charge in [-0.3, -0.25) is 4.79 Å². The summed E-state index contributed by atoms with van der Waals surface area (Å²) in [4.78, 5) is 24.6. The molecule has 4 aliphatic rings. The number of allylic oxidation sites excluding steroid dienone is 4. The molecule has 0 bridgehead atoms. The first kappa shape index (κ1) is 31.7. The summed E-state index contributed by atoms with van der Waals surface area (Å²) in [6.45, 7) is 20.8. The van der Waals surface area contributed by atoms with E-state index in [2.05, 4.69) is 79.4 Å². The second kappa shape index (κ2) is 11.5. The molecule has 0 aromatic carbocycles. The average molecular weight is 572 g/mol. The van der Waals surface area contributed by atoms with Crippen molar-refractivity contribution < 1.29 is 14.3 Å². The minimum Gasteiger partial charge on any atom is -0.460 e. The van der Waals surface area contributed by atoms with Crippen molar-refractivity contribution in [2.75, 3.05) is 5.75 Å². The van der Waals surface area contributed by atoms with Crippen LogP contribution in [-0.4, -0.2) is 29.8 Å². The molecule has 0 aliphatic heterocycles. The topological polar surface area (TPSA) is 55.4 Å². The van der Waals surface area contributed by atoms with Crippen LogP contribution in [0.1, 0.15) is 127 Å². The van der Waals surface area contributed by atoms with E-state index in [0.29, 0.717) is 16.7 Å². The van der Waals surface area contributed by atoms with Crippen molar-refractivity contribution in [2.45, 2.75) is 139 Å². The lowest BCUT2D eigenvalue weighted by atomic mass is 9.43. The van der Waals surface area contributed by atoms with E-state index in [-0.39, 0.29) is 34.6 Å². The fourth-order valence-corrected chi connectivity index (χ4v) is 10.5. The lowest BCUT2D eigenvalue weighted by molar-refractivity contribution is -0.172. The molecule has 0 radical (unpaired) electrons. The molecular formula is C35H57NO3S. The summed E-state index contributed by atoms with van der Waals surface area (Å²) in [6.07, 6.45) is 14.3. The summed E-state index contributed by atoms with van der Waals surface area (Å²) in [5, 5.41) is 2.70. The van der Waals surface area contributed by atoms with Crippen molar-refractivity contribution in [2.24, 2.45) is 39.4 Å². The van der Waals surface area contributed by atoms with E-state index in [1.807, 2.05) is 5.57 Å². The van der Waals surface area contributed by atoms with Gasteiger partial charge >= 0.3 is 5.97 Å². The number of ether oxygens (including phenoxy) is 1. The number of carbonyl (C=O) groups excluding carboxylic acids is 2. The molecule has 1 amide bonds. The van der Waals surface area contributed by atoms with E-state index in [9.17, 15) is 9.59 Å². The molecule has 2 saturated carbocycles. The quantitative estimate of drug-likeness (QED) is 0.175. The van der Waals surface area contributed by atoms with Crippen LogP contribution in [0, 0.1) is 39.4 Å². The van der Waals surface area contributed by atoms with Crippen LogP contribution in [0.5, 0.6) is 0 Å². The van der Waals surface area contributed by atoms with Crippen LogP contribution in [0.4, 0.5) is 0 Å². The summed E-state index contributed by atoms with van der Waals surface area (Å²) >= 11 is 4.29. The molecule has 0 spiro atoms. The van der Waals surface area contributed by atoms with Gasteiger partial charge in [-0.15, -0.1) is 0 Å². The second-order valence-electron chi connectivity index (χ2n) is 15.4. The number of hydrogen-bond donors (Lipinski definition) is 2. The molecule has 0 heterocycles. The van der Waals surface area contributed by atoms with Gasteiger partial charge in [-0.05, 0) is 112 Å². The van der Waals surface area contributed by atoms with Gasteiger partial charge in [-0.25, -0.2) is 4.79 Å². The van der Waals surface area contributed by atoms with E-state index < -0.39 is 6.04 Å².